The molecule has 0 aromatic carbocycles. The molecule has 2 heteroatoms. The minimum absolute atomic E-state index is 1.03. The van der Waals surface area contributed by atoms with Crippen molar-refractivity contribution in [3.63, 3.8) is 0 Å². The van der Waals surface area contributed by atoms with Crippen LogP contribution in [0.1, 0.15) is 5.56 Å². The van der Waals surface area contributed by atoms with E-state index in [4.69, 9.17) is 0 Å². The van der Waals surface area contributed by atoms with Gasteiger partial charge in [-0.3, -0.25) is 4.98 Å². The van der Waals surface area contributed by atoms with Crippen LogP contribution in [0.5, 0.6) is 0 Å². The Morgan fingerprint density at radius 2 is 2.27 bits per heavy atom. The monoisotopic (exact) mass is 213 g/mol. The molecule has 2 aromatic rings. The molecule has 0 spiro atoms. The summed E-state index contributed by atoms with van der Waals surface area (Å²) in [5, 5.41) is 2.12. The Morgan fingerprint density at radius 1 is 1.33 bits per heavy atom. The number of thiophene rings is 1. The maximum Gasteiger partial charge on any atom is 0.0801 e. The Kier molecular flexibility index (Phi) is 3.10. The van der Waals surface area contributed by atoms with Crippen LogP contribution in [0.15, 0.2) is 54.6 Å². The van der Waals surface area contributed by atoms with Gasteiger partial charge in [0.15, 0.2) is 0 Å². The quantitative estimate of drug-likeness (QED) is 0.702. The lowest BCUT2D eigenvalue weighted by molar-refractivity contribution is 1.34. The van der Waals surface area contributed by atoms with E-state index in [1.54, 1.807) is 17.4 Å². The first-order valence-electron chi connectivity index (χ1n) is 4.69. The first-order valence-corrected chi connectivity index (χ1v) is 5.57. The predicted octanol–water partition coefficient (Wildman–Crippen LogP) is 4.01. The molecule has 0 saturated heterocycles. The van der Waals surface area contributed by atoms with Crippen molar-refractivity contribution < 1.29 is 0 Å². The Balaban J connectivity index is 2.28. The normalized spacial score (nSPS) is 10.7. The van der Waals surface area contributed by atoms with Crippen LogP contribution in [0, 0.1) is 0 Å². The van der Waals surface area contributed by atoms with Gasteiger partial charge in [-0.25, -0.2) is 0 Å². The first kappa shape index (κ1) is 9.87. The average molecular weight is 213 g/mol. The van der Waals surface area contributed by atoms with Gasteiger partial charge in [0, 0.05) is 6.20 Å². The van der Waals surface area contributed by atoms with Crippen molar-refractivity contribution in [3.8, 4) is 10.6 Å². The molecule has 74 valence electrons. The largest absolute Gasteiger partial charge is 0.255 e. The van der Waals surface area contributed by atoms with Gasteiger partial charge in [-0.1, -0.05) is 30.9 Å². The summed E-state index contributed by atoms with van der Waals surface area (Å²) < 4.78 is 0. The number of hydrogen-bond acceptors (Lipinski definition) is 2. The van der Waals surface area contributed by atoms with Gasteiger partial charge in [0.2, 0.25) is 0 Å². The summed E-state index contributed by atoms with van der Waals surface area (Å²) >= 11 is 1.71. The second-order valence-corrected chi connectivity index (χ2v) is 3.97. The molecule has 0 aliphatic rings. The predicted molar refractivity (Wildman–Crippen MR) is 66.8 cm³/mol. The minimum atomic E-state index is 1.03. The fourth-order valence-electron chi connectivity index (χ4n) is 1.26. The van der Waals surface area contributed by atoms with E-state index in [1.165, 1.54) is 10.4 Å². The highest BCUT2D eigenvalue weighted by Crippen LogP contribution is 2.25. The summed E-state index contributed by atoms with van der Waals surface area (Å²) in [6.45, 7) is 3.64. The van der Waals surface area contributed by atoms with Gasteiger partial charge in [0.1, 0.15) is 0 Å². The van der Waals surface area contributed by atoms with Gasteiger partial charge in [-0.2, -0.15) is 0 Å². The van der Waals surface area contributed by atoms with Gasteiger partial charge in [-0.05, 0) is 29.1 Å². The molecule has 0 radical (unpaired) electrons. The van der Waals surface area contributed by atoms with Crippen molar-refractivity contribution in [3.05, 3.63) is 60.1 Å². The van der Waals surface area contributed by atoms with Gasteiger partial charge < -0.3 is 0 Å². The molecule has 0 aliphatic carbocycles. The van der Waals surface area contributed by atoms with E-state index >= 15 is 0 Å². The van der Waals surface area contributed by atoms with Crippen LogP contribution in [0.2, 0.25) is 0 Å². The second-order valence-electron chi connectivity index (χ2n) is 3.05. The van der Waals surface area contributed by atoms with Crippen LogP contribution in [0.25, 0.3) is 16.6 Å². The zero-order valence-corrected chi connectivity index (χ0v) is 9.08. The molecule has 1 nitrogen and oxygen atoms in total. The maximum absolute atomic E-state index is 4.31. The van der Waals surface area contributed by atoms with Crippen molar-refractivity contribution in [2.75, 3.05) is 0 Å². The van der Waals surface area contributed by atoms with Crippen molar-refractivity contribution >= 4 is 17.4 Å². The summed E-state index contributed by atoms with van der Waals surface area (Å²) in [4.78, 5) is 5.50. The van der Waals surface area contributed by atoms with Gasteiger partial charge in [-0.15, -0.1) is 11.3 Å². The summed E-state index contributed by atoms with van der Waals surface area (Å²) in [6.07, 6.45) is 7.56. The molecule has 0 bridgehead atoms. The van der Waals surface area contributed by atoms with Crippen LogP contribution in [0.3, 0.4) is 0 Å². The average Bonchev–Trinajstić information content (AvgIpc) is 2.76. The third-order valence-electron chi connectivity index (χ3n) is 1.96. The molecule has 15 heavy (non-hydrogen) atoms. The molecule has 0 fully saturated rings. The molecular weight excluding hydrogens is 202 g/mol. The minimum Gasteiger partial charge on any atom is -0.255 e. The zero-order valence-electron chi connectivity index (χ0n) is 8.26. The maximum atomic E-state index is 4.31. The molecule has 2 aromatic heterocycles. The second kappa shape index (κ2) is 4.71. The number of aromatic nitrogens is 1. The zero-order chi connectivity index (χ0) is 10.5. The van der Waals surface area contributed by atoms with Crippen molar-refractivity contribution in [1.82, 2.24) is 4.98 Å². The molecular formula is C13H11NS. The number of allylic oxidation sites excluding steroid dienone is 2. The molecule has 0 amide bonds. The summed E-state index contributed by atoms with van der Waals surface area (Å²) in [5.74, 6) is 0. The summed E-state index contributed by atoms with van der Waals surface area (Å²) in [5.41, 5.74) is 2.22. The number of pyridine rings is 1. The van der Waals surface area contributed by atoms with Crippen LogP contribution >= 0.6 is 11.3 Å². The highest BCUT2D eigenvalue weighted by Gasteiger charge is 2.00. The fourth-order valence-corrected chi connectivity index (χ4v) is 2.12. The van der Waals surface area contributed by atoms with E-state index in [1.807, 2.05) is 36.5 Å². The molecule has 0 atom stereocenters. The van der Waals surface area contributed by atoms with E-state index in [2.05, 4.69) is 23.0 Å². The SMILES string of the molecule is C=C/C=C\c1csc(-c2ccccn2)c1. The van der Waals surface area contributed by atoms with E-state index in [9.17, 15) is 0 Å². The van der Waals surface area contributed by atoms with Gasteiger partial charge in [0.25, 0.3) is 0 Å². The van der Waals surface area contributed by atoms with Crippen LogP contribution in [-0.4, -0.2) is 4.98 Å². The van der Waals surface area contributed by atoms with E-state index in [0.717, 1.165) is 5.69 Å². The van der Waals surface area contributed by atoms with E-state index in [0.29, 0.717) is 0 Å². The third kappa shape index (κ3) is 2.42. The number of nitrogens with zero attached hydrogens (tertiary/aromatic N) is 1. The molecule has 0 saturated carbocycles. The van der Waals surface area contributed by atoms with Crippen molar-refractivity contribution in [2.24, 2.45) is 0 Å². The van der Waals surface area contributed by atoms with Crippen LogP contribution < -0.4 is 0 Å². The Hall–Kier alpha value is -1.67. The third-order valence-corrected chi connectivity index (χ3v) is 2.93. The first-order chi connectivity index (χ1) is 7.40. The van der Waals surface area contributed by atoms with Crippen molar-refractivity contribution in [2.45, 2.75) is 0 Å². The smallest absolute Gasteiger partial charge is 0.0801 e. The Bertz CT molecular complexity index is 468. The molecule has 0 unspecified atom stereocenters. The van der Waals surface area contributed by atoms with Crippen molar-refractivity contribution in [1.29, 1.82) is 0 Å². The van der Waals surface area contributed by atoms with E-state index < -0.39 is 0 Å². The number of rotatable bonds is 3. The fraction of sp³-hybridized carbons (Fsp3) is 0. The summed E-state index contributed by atoms with van der Waals surface area (Å²) in [7, 11) is 0. The highest BCUT2D eigenvalue weighted by molar-refractivity contribution is 7.13. The standard InChI is InChI=1S/C13H11NS/c1-2-3-6-11-9-13(15-10-11)12-7-4-5-8-14-12/h2-10H,1H2/b6-3-. The summed E-state index contributed by atoms with van der Waals surface area (Å²) in [6, 6.07) is 8.08. The highest BCUT2D eigenvalue weighted by atomic mass is 32.1. The topological polar surface area (TPSA) is 12.9 Å². The molecule has 2 rings (SSSR count). The molecule has 2 heterocycles. The van der Waals surface area contributed by atoms with E-state index in [-0.39, 0.29) is 0 Å². The molecule has 0 N–H and O–H groups in total. The Labute approximate surface area is 93.4 Å². The van der Waals surface area contributed by atoms with Gasteiger partial charge >= 0.3 is 0 Å². The number of hydrogen-bond donors (Lipinski definition) is 0. The van der Waals surface area contributed by atoms with Crippen LogP contribution in [-0.2, 0) is 0 Å². The van der Waals surface area contributed by atoms with Crippen LogP contribution in [0.4, 0.5) is 0 Å². The lowest BCUT2D eigenvalue weighted by Gasteiger charge is -1.92. The Morgan fingerprint density at radius 3 is 3.00 bits per heavy atom. The lowest BCUT2D eigenvalue weighted by Crippen LogP contribution is -1.75. The lowest BCUT2D eigenvalue weighted by atomic mass is 10.2. The van der Waals surface area contributed by atoms with Gasteiger partial charge in [0.05, 0.1) is 10.6 Å². The molecule has 0 aliphatic heterocycles.